The van der Waals surface area contributed by atoms with Gasteiger partial charge in [-0.25, -0.2) is 0 Å². The number of nitrogens with two attached hydrogens (primary N) is 1. The lowest BCUT2D eigenvalue weighted by atomic mass is 10.0. The molecule has 0 saturated carbocycles. The van der Waals surface area contributed by atoms with Crippen LogP contribution in [0.1, 0.15) is 29.8 Å². The van der Waals surface area contributed by atoms with Crippen LogP contribution in [0.4, 0.5) is 0 Å². The number of benzene rings is 1. The molecule has 2 aliphatic rings. The third-order valence-corrected chi connectivity index (χ3v) is 5.63. The zero-order chi connectivity index (χ0) is 19.0. The first kappa shape index (κ1) is 17.5. The molecule has 0 bridgehead atoms. The van der Waals surface area contributed by atoms with Gasteiger partial charge in [0.1, 0.15) is 5.69 Å². The van der Waals surface area contributed by atoms with Crippen LogP contribution in [-0.4, -0.2) is 58.2 Å². The smallest absolute Gasteiger partial charge is 0.273 e. The van der Waals surface area contributed by atoms with Crippen molar-refractivity contribution in [2.75, 3.05) is 19.6 Å². The maximum absolute atomic E-state index is 13.0. The average Bonchev–Trinajstić information content (AvgIpc) is 3.09. The second-order valence-corrected chi connectivity index (χ2v) is 7.25. The Kier molecular flexibility index (Phi) is 4.51. The fraction of sp³-hybridized carbons (Fsp3) is 0.400. The molecule has 2 N–H and O–H groups in total. The van der Waals surface area contributed by atoms with Gasteiger partial charge >= 0.3 is 0 Å². The van der Waals surface area contributed by atoms with Gasteiger partial charge in [-0.05, 0) is 24.3 Å². The molecule has 0 radical (unpaired) electrons. The Labute approximate surface area is 157 Å². The molecule has 7 nitrogen and oxygen atoms in total. The van der Waals surface area contributed by atoms with Gasteiger partial charge in [0.25, 0.3) is 5.91 Å². The predicted octanol–water partition coefficient (Wildman–Crippen LogP) is 1.17. The minimum absolute atomic E-state index is 0.0145. The number of aromatic nitrogens is 1. The van der Waals surface area contributed by atoms with Crippen molar-refractivity contribution >= 4 is 28.5 Å². The summed E-state index contributed by atoms with van der Waals surface area (Å²) in [4.78, 5) is 44.4. The molecule has 2 aliphatic heterocycles. The van der Waals surface area contributed by atoms with Crippen molar-refractivity contribution in [3.63, 3.8) is 0 Å². The molecule has 2 fully saturated rings. The summed E-state index contributed by atoms with van der Waals surface area (Å²) in [7, 11) is 0. The number of piperidine rings is 1. The van der Waals surface area contributed by atoms with Crippen LogP contribution < -0.4 is 5.73 Å². The first-order chi connectivity index (χ1) is 13.0. The Morgan fingerprint density at radius 1 is 1.11 bits per heavy atom. The molecular formula is C20H22N4O3. The number of nitrogens with zero attached hydrogens (tertiary/aromatic N) is 3. The van der Waals surface area contributed by atoms with E-state index in [0.717, 1.165) is 10.8 Å². The summed E-state index contributed by atoms with van der Waals surface area (Å²) >= 11 is 0. The maximum atomic E-state index is 13.0. The first-order valence-corrected chi connectivity index (χ1v) is 9.26. The van der Waals surface area contributed by atoms with Crippen molar-refractivity contribution in [3.8, 4) is 0 Å². The summed E-state index contributed by atoms with van der Waals surface area (Å²) in [6.07, 6.45) is 3.27. The summed E-state index contributed by atoms with van der Waals surface area (Å²) in [6.45, 7) is 1.54. The number of likely N-dealkylation sites (tertiary alicyclic amines) is 2. The van der Waals surface area contributed by atoms with E-state index in [2.05, 4.69) is 4.98 Å². The van der Waals surface area contributed by atoms with E-state index in [1.165, 1.54) is 0 Å². The van der Waals surface area contributed by atoms with E-state index >= 15 is 0 Å². The van der Waals surface area contributed by atoms with Crippen LogP contribution in [-0.2, 0) is 9.59 Å². The van der Waals surface area contributed by atoms with E-state index in [-0.39, 0.29) is 24.3 Å². The van der Waals surface area contributed by atoms with Gasteiger partial charge in [0.05, 0.1) is 5.92 Å². The molecule has 4 rings (SSSR count). The molecule has 27 heavy (non-hydrogen) atoms. The second kappa shape index (κ2) is 6.98. The van der Waals surface area contributed by atoms with Gasteiger partial charge in [0, 0.05) is 43.7 Å². The van der Waals surface area contributed by atoms with E-state index in [1.807, 2.05) is 30.3 Å². The number of carbonyl (C=O) groups excluding carboxylic acids is 3. The quantitative estimate of drug-likeness (QED) is 0.882. The minimum atomic E-state index is -0.416. The molecule has 2 saturated heterocycles. The van der Waals surface area contributed by atoms with Gasteiger partial charge in [-0.1, -0.05) is 24.3 Å². The third-order valence-electron chi connectivity index (χ3n) is 5.63. The van der Waals surface area contributed by atoms with Gasteiger partial charge in [-0.3, -0.25) is 19.4 Å². The maximum Gasteiger partial charge on any atom is 0.273 e. The normalized spacial score (nSPS) is 21.0. The van der Waals surface area contributed by atoms with Crippen LogP contribution in [0.2, 0.25) is 0 Å². The number of primary amides is 1. The van der Waals surface area contributed by atoms with Crippen LogP contribution in [0.15, 0.2) is 36.5 Å². The van der Waals surface area contributed by atoms with E-state index in [1.54, 1.807) is 16.0 Å². The van der Waals surface area contributed by atoms with Gasteiger partial charge in [0.15, 0.2) is 0 Å². The molecule has 1 atom stereocenters. The van der Waals surface area contributed by atoms with Gasteiger partial charge in [-0.15, -0.1) is 0 Å². The largest absolute Gasteiger partial charge is 0.369 e. The summed E-state index contributed by atoms with van der Waals surface area (Å²) < 4.78 is 0. The molecule has 140 valence electrons. The Balaban J connectivity index is 1.44. The summed E-state index contributed by atoms with van der Waals surface area (Å²) in [5.74, 6) is -0.898. The summed E-state index contributed by atoms with van der Waals surface area (Å²) in [6, 6.07) is 9.68. The first-order valence-electron chi connectivity index (χ1n) is 9.26. The molecule has 2 aromatic rings. The van der Waals surface area contributed by atoms with Crippen LogP contribution >= 0.6 is 0 Å². The number of hydrogen-bond acceptors (Lipinski definition) is 4. The fourth-order valence-corrected chi connectivity index (χ4v) is 4.10. The number of hydrogen-bond donors (Lipinski definition) is 1. The Morgan fingerprint density at radius 3 is 2.56 bits per heavy atom. The molecule has 0 aliphatic carbocycles. The van der Waals surface area contributed by atoms with Crippen molar-refractivity contribution in [1.82, 2.24) is 14.8 Å². The Hall–Kier alpha value is -2.96. The van der Waals surface area contributed by atoms with Crippen molar-refractivity contribution in [2.45, 2.75) is 25.3 Å². The molecule has 1 unspecified atom stereocenters. The van der Waals surface area contributed by atoms with E-state index in [4.69, 9.17) is 5.73 Å². The minimum Gasteiger partial charge on any atom is -0.369 e. The Bertz CT molecular complexity index is 900. The molecule has 7 heteroatoms. The second-order valence-electron chi connectivity index (χ2n) is 7.25. The number of rotatable bonds is 3. The van der Waals surface area contributed by atoms with Crippen LogP contribution in [0, 0.1) is 5.92 Å². The molecule has 1 aromatic carbocycles. The fourth-order valence-electron chi connectivity index (χ4n) is 4.10. The molecule has 3 heterocycles. The lowest BCUT2D eigenvalue weighted by Crippen LogP contribution is -2.47. The highest BCUT2D eigenvalue weighted by molar-refractivity contribution is 6.05. The molecule has 3 amide bonds. The molecule has 0 spiro atoms. The van der Waals surface area contributed by atoms with E-state index in [0.29, 0.717) is 38.2 Å². The van der Waals surface area contributed by atoms with Gasteiger partial charge in [0.2, 0.25) is 11.8 Å². The molecule has 1 aromatic heterocycles. The summed E-state index contributed by atoms with van der Waals surface area (Å²) in [5.41, 5.74) is 5.82. The number of amides is 3. The number of carbonyl (C=O) groups is 3. The predicted molar refractivity (Wildman–Crippen MR) is 99.7 cm³/mol. The van der Waals surface area contributed by atoms with E-state index < -0.39 is 11.8 Å². The molecular weight excluding hydrogens is 344 g/mol. The lowest BCUT2D eigenvalue weighted by Gasteiger charge is -2.36. The van der Waals surface area contributed by atoms with Crippen LogP contribution in [0.5, 0.6) is 0 Å². The highest BCUT2D eigenvalue weighted by atomic mass is 16.2. The van der Waals surface area contributed by atoms with Crippen molar-refractivity contribution in [1.29, 1.82) is 0 Å². The number of fused-ring (bicyclic) bond motifs is 1. The lowest BCUT2D eigenvalue weighted by molar-refractivity contribution is -0.130. The Morgan fingerprint density at radius 2 is 1.85 bits per heavy atom. The highest BCUT2D eigenvalue weighted by Gasteiger charge is 2.38. The third kappa shape index (κ3) is 3.25. The van der Waals surface area contributed by atoms with Gasteiger partial charge in [-0.2, -0.15) is 0 Å². The highest BCUT2D eigenvalue weighted by Crippen LogP contribution is 2.26. The SMILES string of the molecule is NC(=O)C1CC(=O)N(C2CCN(C(=O)c3nccc4ccccc34)CC2)C1. The zero-order valence-electron chi connectivity index (χ0n) is 15.0. The van der Waals surface area contributed by atoms with Crippen molar-refractivity contribution < 1.29 is 14.4 Å². The van der Waals surface area contributed by atoms with Crippen molar-refractivity contribution in [3.05, 3.63) is 42.2 Å². The monoisotopic (exact) mass is 366 g/mol. The van der Waals surface area contributed by atoms with E-state index in [9.17, 15) is 14.4 Å². The van der Waals surface area contributed by atoms with Gasteiger partial charge < -0.3 is 15.5 Å². The average molecular weight is 366 g/mol. The topological polar surface area (TPSA) is 96.6 Å². The van der Waals surface area contributed by atoms with Crippen LogP contribution in [0.3, 0.4) is 0 Å². The zero-order valence-corrected chi connectivity index (χ0v) is 15.0. The van der Waals surface area contributed by atoms with Crippen molar-refractivity contribution in [2.24, 2.45) is 11.7 Å². The number of pyridine rings is 1. The summed E-state index contributed by atoms with van der Waals surface area (Å²) in [5, 5.41) is 1.84. The van der Waals surface area contributed by atoms with Crippen LogP contribution in [0.25, 0.3) is 10.8 Å². The standard InChI is InChI=1S/C20H22N4O3/c21-19(26)14-11-17(25)24(12-14)15-6-9-23(10-7-15)20(27)18-16-4-2-1-3-13(16)5-8-22-18/h1-5,8,14-15H,6-7,9-12H2,(H2,21,26).